The van der Waals surface area contributed by atoms with Gasteiger partial charge in [-0.1, -0.05) is 0 Å². The molecule has 1 aliphatic rings. The predicted molar refractivity (Wildman–Crippen MR) is 77.6 cm³/mol. The third-order valence-electron chi connectivity index (χ3n) is 3.36. The Balaban J connectivity index is 2.08. The summed E-state index contributed by atoms with van der Waals surface area (Å²) in [5.41, 5.74) is 5.42. The number of rotatable bonds is 5. The van der Waals surface area contributed by atoms with E-state index in [-0.39, 0.29) is 6.10 Å². The number of sulfone groups is 1. The summed E-state index contributed by atoms with van der Waals surface area (Å²) < 4.78 is 29.2. The molecule has 0 aliphatic carbocycles. The molecule has 1 aromatic heterocycles. The number of hydrogen-bond donors (Lipinski definition) is 1. The van der Waals surface area contributed by atoms with Crippen LogP contribution >= 0.6 is 0 Å². The van der Waals surface area contributed by atoms with Crippen molar-refractivity contribution in [1.82, 2.24) is 4.98 Å². The van der Waals surface area contributed by atoms with Crippen LogP contribution in [0.4, 0.5) is 5.82 Å². The van der Waals surface area contributed by atoms with E-state index in [2.05, 4.69) is 4.98 Å². The summed E-state index contributed by atoms with van der Waals surface area (Å²) in [6, 6.07) is 3.26. The first kappa shape index (κ1) is 15.2. The van der Waals surface area contributed by atoms with Gasteiger partial charge in [0.15, 0.2) is 9.84 Å². The fraction of sp³-hybridized carbons (Fsp3) is 0.615. The van der Waals surface area contributed by atoms with E-state index in [0.29, 0.717) is 23.9 Å². The van der Waals surface area contributed by atoms with E-state index >= 15 is 0 Å². The molecule has 0 aromatic carbocycles. The zero-order valence-electron chi connectivity index (χ0n) is 11.7. The molecule has 20 heavy (non-hydrogen) atoms. The maximum absolute atomic E-state index is 11.8. The Morgan fingerprint density at radius 1 is 1.45 bits per heavy atom. The van der Waals surface area contributed by atoms with E-state index < -0.39 is 9.84 Å². The molecule has 112 valence electrons. The summed E-state index contributed by atoms with van der Waals surface area (Å²) in [6.45, 7) is 2.59. The maximum atomic E-state index is 11.8. The van der Waals surface area contributed by atoms with E-state index in [9.17, 15) is 8.42 Å². The zero-order chi connectivity index (χ0) is 14.6. The molecule has 1 aliphatic heterocycles. The van der Waals surface area contributed by atoms with Gasteiger partial charge in [-0.05, 0) is 25.0 Å². The molecule has 0 saturated carbocycles. The molecule has 6 nitrogen and oxygen atoms in total. The van der Waals surface area contributed by atoms with E-state index in [0.717, 1.165) is 25.9 Å². The summed E-state index contributed by atoms with van der Waals surface area (Å²) >= 11 is 0. The molecule has 1 aromatic rings. The number of hydrogen-bond acceptors (Lipinski definition) is 6. The van der Waals surface area contributed by atoms with Gasteiger partial charge in [0.2, 0.25) is 0 Å². The smallest absolute Gasteiger partial charge is 0.179 e. The lowest BCUT2D eigenvalue weighted by molar-refractivity contribution is 0.0420. The molecule has 0 atom stereocenters. The van der Waals surface area contributed by atoms with Gasteiger partial charge in [0.25, 0.3) is 0 Å². The van der Waals surface area contributed by atoms with Crippen LogP contribution in [0.3, 0.4) is 0 Å². The lowest BCUT2D eigenvalue weighted by atomic mass is 10.1. The first-order valence-electron chi connectivity index (χ1n) is 6.74. The highest BCUT2D eigenvalue weighted by Gasteiger charge is 2.24. The Morgan fingerprint density at radius 2 is 2.15 bits per heavy atom. The van der Waals surface area contributed by atoms with Crippen LogP contribution in [0.1, 0.15) is 12.8 Å². The van der Waals surface area contributed by atoms with Gasteiger partial charge in [-0.25, -0.2) is 13.4 Å². The second-order valence-electron chi connectivity index (χ2n) is 4.94. The predicted octanol–water partition coefficient (Wildman–Crippen LogP) is 0.429. The van der Waals surface area contributed by atoms with Crippen LogP contribution in [0.15, 0.2) is 23.2 Å². The average molecular weight is 299 g/mol. The molecular weight excluding hydrogens is 278 g/mol. The topological polar surface area (TPSA) is 85.5 Å². The second-order valence-corrected chi connectivity index (χ2v) is 6.93. The highest BCUT2D eigenvalue weighted by Crippen LogP contribution is 2.25. The Kier molecular flexibility index (Phi) is 4.95. The van der Waals surface area contributed by atoms with E-state index in [4.69, 9.17) is 10.5 Å². The van der Waals surface area contributed by atoms with Crippen molar-refractivity contribution < 1.29 is 13.2 Å². The first-order chi connectivity index (χ1) is 9.52. The number of nitrogens with two attached hydrogens (primary N) is 1. The van der Waals surface area contributed by atoms with Crippen LogP contribution in [0, 0.1) is 0 Å². The fourth-order valence-corrected chi connectivity index (χ4v) is 3.22. The third kappa shape index (κ3) is 3.68. The van der Waals surface area contributed by atoms with Gasteiger partial charge in [0, 0.05) is 32.1 Å². The molecule has 1 saturated heterocycles. The zero-order valence-corrected chi connectivity index (χ0v) is 12.5. The number of pyridine rings is 1. The standard InChI is InChI=1S/C13H21N3O3S/c1-20(17,18)12-3-2-7-15-13(12)16-8-4-11(5-9-16)19-10-6-14/h2-3,7,11H,4-6,8-10,14H2,1H3. The minimum absolute atomic E-state index is 0.209. The number of ether oxygens (including phenoxy) is 1. The quantitative estimate of drug-likeness (QED) is 0.848. The van der Waals surface area contributed by atoms with Crippen molar-refractivity contribution >= 4 is 15.7 Å². The Labute approximate surface area is 119 Å². The Bertz CT molecular complexity index is 540. The van der Waals surface area contributed by atoms with E-state index in [1.165, 1.54) is 6.26 Å². The highest BCUT2D eigenvalue weighted by molar-refractivity contribution is 7.90. The van der Waals surface area contributed by atoms with Crippen LogP contribution < -0.4 is 10.6 Å². The molecule has 0 spiro atoms. The minimum atomic E-state index is -3.26. The van der Waals surface area contributed by atoms with Crippen molar-refractivity contribution in [3.05, 3.63) is 18.3 Å². The molecule has 2 rings (SSSR count). The van der Waals surface area contributed by atoms with Gasteiger partial charge < -0.3 is 15.4 Å². The lowest BCUT2D eigenvalue weighted by Gasteiger charge is -2.33. The molecule has 0 amide bonds. The molecule has 2 N–H and O–H groups in total. The molecule has 0 unspecified atom stereocenters. The van der Waals surface area contributed by atoms with Crippen LogP contribution in [-0.2, 0) is 14.6 Å². The number of piperidine rings is 1. The van der Waals surface area contributed by atoms with Gasteiger partial charge in [-0.3, -0.25) is 0 Å². The van der Waals surface area contributed by atoms with Crippen molar-refractivity contribution in [2.24, 2.45) is 5.73 Å². The largest absolute Gasteiger partial charge is 0.377 e. The van der Waals surface area contributed by atoms with Gasteiger partial charge in [0.05, 0.1) is 12.7 Å². The first-order valence-corrected chi connectivity index (χ1v) is 8.63. The molecular formula is C13H21N3O3S. The van der Waals surface area contributed by atoms with Gasteiger partial charge in [-0.15, -0.1) is 0 Å². The minimum Gasteiger partial charge on any atom is -0.377 e. The Morgan fingerprint density at radius 3 is 2.75 bits per heavy atom. The highest BCUT2D eigenvalue weighted by atomic mass is 32.2. The van der Waals surface area contributed by atoms with Crippen LogP contribution in [0.25, 0.3) is 0 Å². The van der Waals surface area contributed by atoms with Crippen LogP contribution in [0.5, 0.6) is 0 Å². The fourth-order valence-electron chi connectivity index (χ4n) is 2.38. The number of aromatic nitrogens is 1. The SMILES string of the molecule is CS(=O)(=O)c1cccnc1N1CCC(OCCN)CC1. The summed E-state index contributed by atoms with van der Waals surface area (Å²) in [6.07, 6.45) is 4.77. The third-order valence-corrected chi connectivity index (χ3v) is 4.48. The summed E-state index contributed by atoms with van der Waals surface area (Å²) in [5.74, 6) is 0.548. The van der Waals surface area contributed by atoms with Crippen LogP contribution in [0.2, 0.25) is 0 Å². The molecule has 2 heterocycles. The molecule has 1 fully saturated rings. The summed E-state index contributed by atoms with van der Waals surface area (Å²) in [7, 11) is -3.26. The second kappa shape index (κ2) is 6.51. The normalized spacial score (nSPS) is 17.4. The van der Waals surface area contributed by atoms with Crippen molar-refractivity contribution in [1.29, 1.82) is 0 Å². The van der Waals surface area contributed by atoms with Crippen molar-refractivity contribution in [2.75, 3.05) is 37.4 Å². The number of nitrogens with zero attached hydrogens (tertiary/aromatic N) is 2. The molecule has 7 heteroatoms. The Hall–Kier alpha value is -1.18. The van der Waals surface area contributed by atoms with Gasteiger partial charge >= 0.3 is 0 Å². The van der Waals surface area contributed by atoms with E-state index in [1.54, 1.807) is 18.3 Å². The van der Waals surface area contributed by atoms with Crippen molar-refractivity contribution in [3.8, 4) is 0 Å². The molecule has 0 bridgehead atoms. The summed E-state index contributed by atoms with van der Waals surface area (Å²) in [5, 5.41) is 0. The lowest BCUT2D eigenvalue weighted by Crippen LogP contribution is -2.38. The average Bonchev–Trinajstić information content (AvgIpc) is 2.45. The van der Waals surface area contributed by atoms with Gasteiger partial charge in [-0.2, -0.15) is 0 Å². The van der Waals surface area contributed by atoms with E-state index in [1.807, 2.05) is 4.90 Å². The maximum Gasteiger partial charge on any atom is 0.179 e. The number of anilines is 1. The van der Waals surface area contributed by atoms with Crippen molar-refractivity contribution in [2.45, 2.75) is 23.8 Å². The van der Waals surface area contributed by atoms with Crippen LogP contribution in [-0.4, -0.2) is 52.0 Å². The van der Waals surface area contributed by atoms with Crippen molar-refractivity contribution in [3.63, 3.8) is 0 Å². The monoisotopic (exact) mass is 299 g/mol. The summed E-state index contributed by atoms with van der Waals surface area (Å²) in [4.78, 5) is 6.55. The molecule has 0 radical (unpaired) electrons. The van der Waals surface area contributed by atoms with Gasteiger partial charge in [0.1, 0.15) is 10.7 Å².